The van der Waals surface area contributed by atoms with Crippen LogP contribution in [-0.4, -0.2) is 31.8 Å². The maximum absolute atomic E-state index is 12.0. The number of carbonyl (C=O) groups excluding carboxylic acids is 1. The first-order chi connectivity index (χ1) is 9.63. The average molecular weight is 299 g/mol. The first-order valence-corrected chi connectivity index (χ1v) is 6.97. The minimum Gasteiger partial charge on any atom is -0.496 e. The molecule has 1 aliphatic rings. The Labute approximate surface area is 123 Å². The summed E-state index contributed by atoms with van der Waals surface area (Å²) in [6, 6.07) is 5.32. The van der Waals surface area contributed by atoms with Crippen molar-refractivity contribution in [2.24, 2.45) is 5.73 Å². The molecule has 1 aliphatic heterocycles. The van der Waals surface area contributed by atoms with Gasteiger partial charge in [0.25, 0.3) is 0 Å². The van der Waals surface area contributed by atoms with Crippen LogP contribution in [0.4, 0.5) is 0 Å². The Bertz CT molecular complexity index is 481. The SMILES string of the molecule is COc1cc(Cl)ccc1CNC(=O)[C@@H]1CC[C@H](CN)O1. The van der Waals surface area contributed by atoms with Crippen molar-refractivity contribution in [2.75, 3.05) is 13.7 Å². The molecule has 3 N–H and O–H groups in total. The monoisotopic (exact) mass is 298 g/mol. The summed E-state index contributed by atoms with van der Waals surface area (Å²) in [5.74, 6) is 0.544. The van der Waals surface area contributed by atoms with Crippen molar-refractivity contribution >= 4 is 17.5 Å². The molecule has 5 nitrogen and oxygen atoms in total. The van der Waals surface area contributed by atoms with Gasteiger partial charge in [-0.15, -0.1) is 0 Å². The summed E-state index contributed by atoms with van der Waals surface area (Å²) in [5.41, 5.74) is 6.40. The molecule has 0 unspecified atom stereocenters. The van der Waals surface area contributed by atoms with Gasteiger partial charge in [-0.25, -0.2) is 0 Å². The summed E-state index contributed by atoms with van der Waals surface area (Å²) in [7, 11) is 1.57. The largest absolute Gasteiger partial charge is 0.496 e. The highest BCUT2D eigenvalue weighted by Crippen LogP contribution is 2.23. The molecule has 0 radical (unpaired) electrons. The Morgan fingerprint density at radius 3 is 3.00 bits per heavy atom. The fourth-order valence-corrected chi connectivity index (χ4v) is 2.39. The summed E-state index contributed by atoms with van der Waals surface area (Å²) < 4.78 is 10.8. The minimum atomic E-state index is -0.401. The molecule has 0 spiro atoms. The van der Waals surface area contributed by atoms with Crippen LogP contribution in [0, 0.1) is 0 Å². The first kappa shape index (κ1) is 15.1. The second kappa shape index (κ2) is 6.92. The maximum atomic E-state index is 12.0. The Morgan fingerprint density at radius 1 is 1.55 bits per heavy atom. The number of benzene rings is 1. The normalized spacial score (nSPS) is 21.8. The third-order valence-electron chi connectivity index (χ3n) is 3.37. The van der Waals surface area contributed by atoms with Crippen LogP contribution in [-0.2, 0) is 16.1 Å². The Hall–Kier alpha value is -1.30. The van der Waals surface area contributed by atoms with Crippen LogP contribution in [0.3, 0.4) is 0 Å². The van der Waals surface area contributed by atoms with Crippen molar-refractivity contribution in [1.82, 2.24) is 5.32 Å². The second-order valence-electron chi connectivity index (χ2n) is 4.73. The number of rotatable bonds is 5. The predicted octanol–water partition coefficient (Wildman–Crippen LogP) is 1.47. The summed E-state index contributed by atoms with van der Waals surface area (Å²) >= 11 is 5.89. The summed E-state index contributed by atoms with van der Waals surface area (Å²) in [6.07, 6.45) is 1.14. The number of hydrogen-bond donors (Lipinski definition) is 2. The minimum absolute atomic E-state index is 0.00387. The van der Waals surface area contributed by atoms with Gasteiger partial charge >= 0.3 is 0 Å². The van der Waals surface area contributed by atoms with E-state index in [1.54, 1.807) is 19.2 Å². The summed E-state index contributed by atoms with van der Waals surface area (Å²) in [5, 5.41) is 3.45. The molecule has 1 amide bonds. The third kappa shape index (κ3) is 3.62. The number of halogens is 1. The number of hydrogen-bond acceptors (Lipinski definition) is 4. The van der Waals surface area contributed by atoms with Crippen molar-refractivity contribution in [3.63, 3.8) is 0 Å². The fourth-order valence-electron chi connectivity index (χ4n) is 2.23. The quantitative estimate of drug-likeness (QED) is 0.863. The molecule has 1 aromatic rings. The Kier molecular flexibility index (Phi) is 5.23. The highest BCUT2D eigenvalue weighted by atomic mass is 35.5. The van der Waals surface area contributed by atoms with Crippen molar-refractivity contribution in [1.29, 1.82) is 0 Å². The van der Waals surface area contributed by atoms with Gasteiger partial charge in [0.15, 0.2) is 0 Å². The van der Waals surface area contributed by atoms with E-state index >= 15 is 0 Å². The molecule has 110 valence electrons. The number of nitrogens with one attached hydrogen (secondary N) is 1. The van der Waals surface area contributed by atoms with Crippen molar-refractivity contribution < 1.29 is 14.3 Å². The van der Waals surface area contributed by atoms with E-state index < -0.39 is 6.10 Å². The lowest BCUT2D eigenvalue weighted by molar-refractivity contribution is -0.132. The zero-order valence-corrected chi connectivity index (χ0v) is 12.2. The van der Waals surface area contributed by atoms with Crippen LogP contribution in [0.5, 0.6) is 5.75 Å². The predicted molar refractivity (Wildman–Crippen MR) is 76.8 cm³/mol. The van der Waals surface area contributed by atoms with E-state index in [1.165, 1.54) is 0 Å². The Morgan fingerprint density at radius 2 is 2.35 bits per heavy atom. The van der Waals surface area contributed by atoms with Crippen LogP contribution >= 0.6 is 11.6 Å². The van der Waals surface area contributed by atoms with Gasteiger partial charge in [-0.2, -0.15) is 0 Å². The lowest BCUT2D eigenvalue weighted by atomic mass is 10.1. The van der Waals surface area contributed by atoms with Gasteiger partial charge in [-0.3, -0.25) is 4.79 Å². The number of carbonyl (C=O) groups is 1. The van der Waals surface area contributed by atoms with Crippen LogP contribution in [0.1, 0.15) is 18.4 Å². The zero-order chi connectivity index (χ0) is 14.5. The number of methoxy groups -OCH3 is 1. The van der Waals surface area contributed by atoms with Gasteiger partial charge < -0.3 is 20.5 Å². The molecule has 6 heteroatoms. The number of amides is 1. The average Bonchev–Trinajstić information content (AvgIpc) is 2.94. The highest BCUT2D eigenvalue weighted by molar-refractivity contribution is 6.30. The van der Waals surface area contributed by atoms with Gasteiger partial charge in [0, 0.05) is 23.7 Å². The lowest BCUT2D eigenvalue weighted by Crippen LogP contribution is -2.35. The smallest absolute Gasteiger partial charge is 0.249 e. The van der Waals surface area contributed by atoms with E-state index in [0.29, 0.717) is 30.3 Å². The molecule has 2 rings (SSSR count). The topological polar surface area (TPSA) is 73.6 Å². The molecular weight excluding hydrogens is 280 g/mol. The van der Waals surface area contributed by atoms with E-state index in [1.807, 2.05) is 6.07 Å². The molecule has 2 atom stereocenters. The van der Waals surface area contributed by atoms with Gasteiger partial charge in [-0.1, -0.05) is 17.7 Å². The van der Waals surface area contributed by atoms with Crippen molar-refractivity contribution in [3.8, 4) is 5.75 Å². The van der Waals surface area contributed by atoms with Crippen LogP contribution < -0.4 is 15.8 Å². The second-order valence-corrected chi connectivity index (χ2v) is 5.17. The van der Waals surface area contributed by atoms with E-state index in [2.05, 4.69) is 5.32 Å². The molecule has 0 bridgehead atoms. The van der Waals surface area contributed by atoms with E-state index in [9.17, 15) is 4.79 Å². The van der Waals surface area contributed by atoms with Gasteiger partial charge in [0.05, 0.1) is 13.2 Å². The molecule has 0 aliphatic carbocycles. The van der Waals surface area contributed by atoms with Gasteiger partial charge in [-0.05, 0) is 25.0 Å². The summed E-state index contributed by atoms with van der Waals surface area (Å²) in [4.78, 5) is 12.0. The molecular formula is C14H19ClN2O3. The van der Waals surface area contributed by atoms with E-state index in [-0.39, 0.29) is 12.0 Å². The maximum Gasteiger partial charge on any atom is 0.249 e. The Balaban J connectivity index is 1.90. The van der Waals surface area contributed by atoms with Crippen LogP contribution in [0.15, 0.2) is 18.2 Å². The third-order valence-corrected chi connectivity index (χ3v) is 3.60. The molecule has 1 fully saturated rings. The number of ether oxygens (including phenoxy) is 2. The molecule has 1 saturated heterocycles. The fraction of sp³-hybridized carbons (Fsp3) is 0.500. The standard InChI is InChI=1S/C14H19ClN2O3/c1-19-13-6-10(15)3-2-9(13)8-17-14(18)12-5-4-11(7-16)20-12/h2-3,6,11-12H,4-5,7-8,16H2,1H3,(H,17,18)/t11-,12+/m1/s1. The first-order valence-electron chi connectivity index (χ1n) is 6.59. The lowest BCUT2D eigenvalue weighted by Gasteiger charge is -2.14. The molecule has 0 saturated carbocycles. The molecule has 1 aromatic carbocycles. The zero-order valence-electron chi connectivity index (χ0n) is 11.4. The summed E-state index contributed by atoms with van der Waals surface area (Å²) in [6.45, 7) is 0.834. The van der Waals surface area contributed by atoms with Crippen molar-refractivity contribution in [3.05, 3.63) is 28.8 Å². The molecule has 0 aromatic heterocycles. The number of nitrogens with two attached hydrogens (primary N) is 1. The van der Waals surface area contributed by atoms with Crippen LogP contribution in [0.25, 0.3) is 0 Å². The van der Waals surface area contributed by atoms with Crippen LogP contribution in [0.2, 0.25) is 5.02 Å². The highest BCUT2D eigenvalue weighted by Gasteiger charge is 2.29. The van der Waals surface area contributed by atoms with E-state index in [0.717, 1.165) is 12.0 Å². The molecule has 20 heavy (non-hydrogen) atoms. The van der Waals surface area contributed by atoms with Gasteiger partial charge in [0.2, 0.25) is 5.91 Å². The van der Waals surface area contributed by atoms with Gasteiger partial charge in [0.1, 0.15) is 11.9 Å². The van der Waals surface area contributed by atoms with E-state index in [4.69, 9.17) is 26.8 Å². The van der Waals surface area contributed by atoms with Crippen molar-refractivity contribution in [2.45, 2.75) is 31.6 Å². The molecule has 1 heterocycles.